The van der Waals surface area contributed by atoms with E-state index in [1.54, 1.807) is 48.5 Å². The number of rotatable bonds is 5. The predicted octanol–water partition coefficient (Wildman–Crippen LogP) is 2.37. The zero-order chi connectivity index (χ0) is 22.8. The van der Waals surface area contributed by atoms with Crippen molar-refractivity contribution in [1.82, 2.24) is 9.13 Å². The Hall–Kier alpha value is -3.66. The fourth-order valence-electron chi connectivity index (χ4n) is 3.90. The highest BCUT2D eigenvalue weighted by atomic mass is 16.5. The summed E-state index contributed by atoms with van der Waals surface area (Å²) in [6.45, 7) is 2.59. The first-order valence-corrected chi connectivity index (χ1v) is 10.2. The number of nitrogens with one attached hydrogen (secondary N) is 2. The molecule has 0 unspecified atom stereocenters. The number of nitrogens with zero attached hydrogens (tertiary/aromatic N) is 3. The van der Waals surface area contributed by atoms with Crippen molar-refractivity contribution in [2.24, 2.45) is 14.1 Å². The van der Waals surface area contributed by atoms with Gasteiger partial charge in [0.2, 0.25) is 0 Å². The smallest absolute Gasteiger partial charge is 0.328 e. The van der Waals surface area contributed by atoms with Crippen LogP contribution in [0.15, 0.2) is 35.1 Å². The number of carbonyl (C=O) groups excluding carboxylic acids is 1. The van der Waals surface area contributed by atoms with Crippen molar-refractivity contribution < 1.29 is 19.0 Å². The molecule has 2 heterocycles. The summed E-state index contributed by atoms with van der Waals surface area (Å²) >= 11 is 0. The van der Waals surface area contributed by atoms with Gasteiger partial charge in [-0.05, 0) is 24.3 Å². The van der Waals surface area contributed by atoms with E-state index < -0.39 is 6.03 Å². The van der Waals surface area contributed by atoms with Crippen LogP contribution in [0.2, 0.25) is 0 Å². The van der Waals surface area contributed by atoms with Gasteiger partial charge < -0.3 is 29.7 Å². The molecule has 0 bridgehead atoms. The standard InChI is InChI=1S/C22H27N5O5/c1-25-17-12-15(24-21(28)23-14-5-6-19(30-3)20(11-14)31-4)16(27-7-9-32-10-8-27)13-18(17)26(2)22(25)29/h5-6,11-13H,7-10H2,1-4H3,(H2,23,24,28). The van der Waals surface area contributed by atoms with Crippen molar-refractivity contribution in [2.75, 3.05) is 56.1 Å². The monoisotopic (exact) mass is 441 g/mol. The molecule has 0 atom stereocenters. The number of methoxy groups -OCH3 is 2. The number of hydrogen-bond donors (Lipinski definition) is 2. The van der Waals surface area contributed by atoms with Crippen molar-refractivity contribution in [2.45, 2.75) is 0 Å². The molecule has 0 aliphatic carbocycles. The molecule has 2 N–H and O–H groups in total. The quantitative estimate of drug-likeness (QED) is 0.631. The van der Waals surface area contributed by atoms with Crippen LogP contribution in [0.3, 0.4) is 0 Å². The lowest BCUT2D eigenvalue weighted by Gasteiger charge is -2.30. The van der Waals surface area contributed by atoms with E-state index in [9.17, 15) is 9.59 Å². The molecule has 1 fully saturated rings. The molecule has 0 spiro atoms. The van der Waals surface area contributed by atoms with Crippen molar-refractivity contribution in [3.63, 3.8) is 0 Å². The highest BCUT2D eigenvalue weighted by Gasteiger charge is 2.20. The average Bonchev–Trinajstić information content (AvgIpc) is 3.02. The van der Waals surface area contributed by atoms with Crippen LogP contribution >= 0.6 is 0 Å². The van der Waals surface area contributed by atoms with Crippen molar-refractivity contribution in [3.8, 4) is 11.5 Å². The molecule has 170 valence electrons. The van der Waals surface area contributed by atoms with Gasteiger partial charge in [0.15, 0.2) is 11.5 Å². The lowest BCUT2D eigenvalue weighted by molar-refractivity contribution is 0.123. The summed E-state index contributed by atoms with van der Waals surface area (Å²) < 4.78 is 19.2. The molecule has 0 saturated carbocycles. The number of hydrogen-bond acceptors (Lipinski definition) is 6. The summed E-state index contributed by atoms with van der Waals surface area (Å²) in [5.41, 5.74) is 3.41. The first-order valence-electron chi connectivity index (χ1n) is 10.2. The number of aryl methyl sites for hydroxylation is 2. The maximum Gasteiger partial charge on any atom is 0.328 e. The molecule has 10 nitrogen and oxygen atoms in total. The maximum atomic E-state index is 12.9. The number of ether oxygens (including phenoxy) is 3. The highest BCUT2D eigenvalue weighted by Crippen LogP contribution is 2.33. The van der Waals surface area contributed by atoms with Gasteiger partial charge in [-0.25, -0.2) is 9.59 Å². The molecule has 1 aliphatic rings. The summed E-state index contributed by atoms with van der Waals surface area (Å²) in [4.78, 5) is 27.4. The van der Waals surface area contributed by atoms with Gasteiger partial charge >= 0.3 is 11.7 Å². The number of amides is 2. The fraction of sp³-hybridized carbons (Fsp3) is 0.364. The molecule has 1 aromatic heterocycles. The molecule has 3 aromatic rings. The second kappa shape index (κ2) is 8.83. The minimum atomic E-state index is -0.410. The Bertz CT molecular complexity index is 1210. The second-order valence-electron chi connectivity index (χ2n) is 7.51. The van der Waals surface area contributed by atoms with Crippen LogP contribution in [-0.2, 0) is 18.8 Å². The maximum absolute atomic E-state index is 12.9. The van der Waals surface area contributed by atoms with E-state index in [2.05, 4.69) is 15.5 Å². The Morgan fingerprint density at radius 1 is 0.938 bits per heavy atom. The Kier molecular flexibility index (Phi) is 5.95. The SMILES string of the molecule is COc1ccc(NC(=O)Nc2cc3c(cc2N2CCOCC2)n(C)c(=O)n3C)cc1OC. The molecule has 0 radical (unpaired) electrons. The van der Waals surface area contributed by atoms with Gasteiger partial charge in [0.05, 0.1) is 49.8 Å². The Balaban J connectivity index is 1.67. The molecule has 32 heavy (non-hydrogen) atoms. The van der Waals surface area contributed by atoms with Crippen LogP contribution in [-0.4, -0.2) is 55.7 Å². The minimum Gasteiger partial charge on any atom is -0.493 e. The Morgan fingerprint density at radius 2 is 1.59 bits per heavy atom. The van der Waals surface area contributed by atoms with Gasteiger partial charge in [0.25, 0.3) is 0 Å². The van der Waals surface area contributed by atoms with Gasteiger partial charge in [0.1, 0.15) is 0 Å². The zero-order valence-corrected chi connectivity index (χ0v) is 18.6. The number of anilines is 3. The number of fused-ring (bicyclic) bond motifs is 1. The lowest BCUT2D eigenvalue weighted by atomic mass is 10.2. The third kappa shape index (κ3) is 3.96. The lowest BCUT2D eigenvalue weighted by Crippen LogP contribution is -2.37. The van der Waals surface area contributed by atoms with Crippen LogP contribution in [0.25, 0.3) is 11.0 Å². The molecule has 1 aliphatic heterocycles. The number of urea groups is 1. The average molecular weight is 441 g/mol. The van der Waals surface area contributed by atoms with E-state index in [1.807, 2.05) is 12.1 Å². The molecular formula is C22H27N5O5. The van der Waals surface area contributed by atoms with E-state index in [4.69, 9.17) is 14.2 Å². The summed E-state index contributed by atoms with van der Waals surface area (Å²) in [7, 11) is 6.55. The number of carbonyl (C=O) groups is 1. The van der Waals surface area contributed by atoms with Crippen LogP contribution in [0, 0.1) is 0 Å². The number of benzene rings is 2. The van der Waals surface area contributed by atoms with Crippen LogP contribution in [0.4, 0.5) is 21.9 Å². The third-order valence-electron chi connectivity index (χ3n) is 5.63. The number of aromatic nitrogens is 2. The molecular weight excluding hydrogens is 414 g/mol. The van der Waals surface area contributed by atoms with E-state index in [1.165, 1.54) is 7.11 Å². The summed E-state index contributed by atoms with van der Waals surface area (Å²) in [5, 5.41) is 5.76. The van der Waals surface area contributed by atoms with Crippen LogP contribution < -0.4 is 30.7 Å². The number of morpholine rings is 1. The van der Waals surface area contributed by atoms with E-state index in [0.717, 1.165) is 16.7 Å². The highest BCUT2D eigenvalue weighted by molar-refractivity contribution is 6.04. The van der Waals surface area contributed by atoms with Gasteiger partial charge in [-0.3, -0.25) is 9.13 Å². The molecule has 1 saturated heterocycles. The number of imidazole rings is 1. The Morgan fingerprint density at radius 3 is 2.25 bits per heavy atom. The van der Waals surface area contributed by atoms with Gasteiger partial charge in [-0.2, -0.15) is 0 Å². The molecule has 2 amide bonds. The molecule has 10 heteroatoms. The summed E-state index contributed by atoms with van der Waals surface area (Å²) in [6, 6.07) is 8.50. The van der Waals surface area contributed by atoms with Crippen LogP contribution in [0.5, 0.6) is 11.5 Å². The summed E-state index contributed by atoms with van der Waals surface area (Å²) in [6.07, 6.45) is 0. The first-order chi connectivity index (χ1) is 15.4. The van der Waals surface area contributed by atoms with Gasteiger partial charge in [-0.1, -0.05) is 0 Å². The van der Waals surface area contributed by atoms with Crippen molar-refractivity contribution in [3.05, 3.63) is 40.8 Å². The zero-order valence-electron chi connectivity index (χ0n) is 18.6. The summed E-state index contributed by atoms with van der Waals surface area (Å²) in [5.74, 6) is 1.09. The normalized spacial score (nSPS) is 13.8. The van der Waals surface area contributed by atoms with Gasteiger partial charge in [0, 0.05) is 38.9 Å². The Labute approximate surface area is 185 Å². The third-order valence-corrected chi connectivity index (χ3v) is 5.63. The first kappa shape index (κ1) is 21.6. The van der Waals surface area contributed by atoms with Crippen molar-refractivity contribution in [1.29, 1.82) is 0 Å². The van der Waals surface area contributed by atoms with E-state index >= 15 is 0 Å². The fourth-order valence-corrected chi connectivity index (χ4v) is 3.90. The molecule has 4 rings (SSSR count). The molecule has 2 aromatic carbocycles. The topological polar surface area (TPSA) is 99.0 Å². The largest absolute Gasteiger partial charge is 0.493 e. The van der Waals surface area contributed by atoms with Crippen LogP contribution in [0.1, 0.15) is 0 Å². The second-order valence-corrected chi connectivity index (χ2v) is 7.51. The predicted molar refractivity (Wildman–Crippen MR) is 123 cm³/mol. The van der Waals surface area contributed by atoms with Crippen molar-refractivity contribution >= 4 is 34.1 Å². The van der Waals surface area contributed by atoms with E-state index in [-0.39, 0.29) is 5.69 Å². The minimum absolute atomic E-state index is 0.125. The van der Waals surface area contributed by atoms with Gasteiger partial charge in [-0.15, -0.1) is 0 Å². The van der Waals surface area contributed by atoms with E-state index in [0.29, 0.717) is 49.2 Å².